The third-order valence-electron chi connectivity index (χ3n) is 8.24. The summed E-state index contributed by atoms with van der Waals surface area (Å²) in [5.41, 5.74) is 7.97. The van der Waals surface area contributed by atoms with Crippen molar-refractivity contribution in [2.75, 3.05) is 0 Å². The first-order chi connectivity index (χ1) is 20.8. The maximum Gasteiger partial charge on any atom is 0.160 e. The lowest BCUT2D eigenvalue weighted by Gasteiger charge is -2.41. The van der Waals surface area contributed by atoms with Crippen LogP contribution >= 0.6 is 0 Å². The summed E-state index contributed by atoms with van der Waals surface area (Å²) in [6, 6.07) is 54.8. The van der Waals surface area contributed by atoms with E-state index in [4.69, 9.17) is 14.7 Å². The first-order valence-electron chi connectivity index (χ1n) is 14.2. The van der Waals surface area contributed by atoms with Crippen LogP contribution in [0.25, 0.3) is 33.5 Å². The van der Waals surface area contributed by atoms with Gasteiger partial charge in [-0.2, -0.15) is 0 Å². The second-order valence-electron chi connectivity index (χ2n) is 10.6. The van der Waals surface area contributed by atoms with Gasteiger partial charge in [0.25, 0.3) is 0 Å². The van der Waals surface area contributed by atoms with Crippen LogP contribution in [-0.4, -0.2) is 9.97 Å². The zero-order valence-corrected chi connectivity index (χ0v) is 22.8. The van der Waals surface area contributed by atoms with Gasteiger partial charge < -0.3 is 4.74 Å². The third kappa shape index (κ3) is 3.75. The minimum absolute atomic E-state index is 0.547. The number of nitrogens with zero attached hydrogens (tertiary/aromatic N) is 2. The molecular formula is C39H26N2O. The minimum Gasteiger partial charge on any atom is -0.457 e. The van der Waals surface area contributed by atoms with Crippen molar-refractivity contribution >= 4 is 10.9 Å². The molecule has 1 aliphatic heterocycles. The quantitative estimate of drug-likeness (QED) is 0.224. The van der Waals surface area contributed by atoms with Crippen LogP contribution < -0.4 is 4.74 Å². The molecule has 0 aliphatic carbocycles. The Bertz CT molecular complexity index is 2010. The van der Waals surface area contributed by atoms with Gasteiger partial charge in [-0.1, -0.05) is 140 Å². The molecule has 7 aromatic rings. The molecule has 0 spiro atoms. The molecule has 1 aromatic heterocycles. The summed E-state index contributed by atoms with van der Waals surface area (Å²) in [4.78, 5) is 10.00. The molecule has 42 heavy (non-hydrogen) atoms. The van der Waals surface area contributed by atoms with Gasteiger partial charge in [0.15, 0.2) is 5.82 Å². The zero-order chi connectivity index (χ0) is 27.9. The number of rotatable bonds is 4. The molecule has 3 nitrogen and oxygen atoms in total. The highest BCUT2D eigenvalue weighted by molar-refractivity contribution is 5.93. The van der Waals surface area contributed by atoms with Gasteiger partial charge in [-0.05, 0) is 29.3 Å². The summed E-state index contributed by atoms with van der Waals surface area (Å²) in [5, 5.41) is 1.03. The van der Waals surface area contributed by atoms with Crippen molar-refractivity contribution in [1.82, 2.24) is 9.97 Å². The molecule has 0 radical (unpaired) electrons. The SMILES string of the molecule is c1ccc(-c2nc(-c3ccc(C4(c5ccccc5)c5ccccc5Oc5ccccc54)cc3)c3ccccc3n2)cc1. The molecule has 0 saturated carbocycles. The van der Waals surface area contributed by atoms with Crippen LogP contribution in [0.5, 0.6) is 11.5 Å². The van der Waals surface area contributed by atoms with E-state index in [0.29, 0.717) is 0 Å². The second kappa shape index (κ2) is 9.83. The normalized spacial score (nSPS) is 13.1. The Morgan fingerprint density at radius 2 is 0.976 bits per heavy atom. The number of para-hydroxylation sites is 3. The lowest BCUT2D eigenvalue weighted by atomic mass is 9.63. The van der Waals surface area contributed by atoms with Crippen LogP contribution in [0.4, 0.5) is 0 Å². The summed E-state index contributed by atoms with van der Waals surface area (Å²) in [5.74, 6) is 2.47. The highest BCUT2D eigenvalue weighted by atomic mass is 16.5. The molecule has 0 amide bonds. The standard InChI is InChI=1S/C39H26N2O/c1-3-13-28(14-4-1)38-40-34-20-10-7-17-31(34)37(41-38)27-23-25-30(26-24-27)39(29-15-5-2-6-16-29)32-18-8-11-21-35(32)42-36-22-12-9-19-33(36)39/h1-26H. The van der Waals surface area contributed by atoms with Crippen LogP contribution in [0, 0.1) is 0 Å². The molecule has 0 fully saturated rings. The van der Waals surface area contributed by atoms with Gasteiger partial charge in [-0.3, -0.25) is 0 Å². The molecule has 8 rings (SSSR count). The Morgan fingerprint density at radius 3 is 1.67 bits per heavy atom. The van der Waals surface area contributed by atoms with Crippen molar-refractivity contribution in [3.05, 3.63) is 180 Å². The van der Waals surface area contributed by atoms with Crippen LogP contribution in [0.1, 0.15) is 22.3 Å². The summed E-state index contributed by atoms with van der Waals surface area (Å²) < 4.78 is 6.46. The van der Waals surface area contributed by atoms with Gasteiger partial charge in [0.05, 0.1) is 16.6 Å². The Kier molecular flexibility index (Phi) is 5.68. The zero-order valence-electron chi connectivity index (χ0n) is 22.8. The molecule has 198 valence electrons. The number of aromatic nitrogens is 2. The van der Waals surface area contributed by atoms with E-state index in [1.54, 1.807) is 0 Å². The first-order valence-corrected chi connectivity index (χ1v) is 14.2. The van der Waals surface area contributed by atoms with Crippen molar-refractivity contribution in [1.29, 1.82) is 0 Å². The van der Waals surface area contributed by atoms with Gasteiger partial charge >= 0.3 is 0 Å². The molecular weight excluding hydrogens is 512 g/mol. The second-order valence-corrected chi connectivity index (χ2v) is 10.6. The van der Waals surface area contributed by atoms with Gasteiger partial charge in [-0.15, -0.1) is 0 Å². The van der Waals surface area contributed by atoms with Crippen molar-refractivity contribution in [3.8, 4) is 34.1 Å². The Labute approximate surface area is 244 Å². The molecule has 6 aromatic carbocycles. The number of fused-ring (bicyclic) bond motifs is 3. The number of ether oxygens (including phenoxy) is 1. The summed E-state index contributed by atoms with van der Waals surface area (Å²) in [6.07, 6.45) is 0. The summed E-state index contributed by atoms with van der Waals surface area (Å²) >= 11 is 0. The Balaban J connectivity index is 1.36. The lowest BCUT2D eigenvalue weighted by Crippen LogP contribution is -2.34. The number of hydrogen-bond donors (Lipinski definition) is 0. The molecule has 3 heteroatoms. The first kappa shape index (κ1) is 24.3. The van der Waals surface area contributed by atoms with E-state index in [1.165, 1.54) is 11.1 Å². The molecule has 1 aliphatic rings. The van der Waals surface area contributed by atoms with Crippen LogP contribution in [0.2, 0.25) is 0 Å². The minimum atomic E-state index is -0.547. The molecule has 0 atom stereocenters. The van der Waals surface area contributed by atoms with E-state index in [9.17, 15) is 0 Å². The van der Waals surface area contributed by atoms with E-state index in [2.05, 4.69) is 115 Å². The molecule has 2 heterocycles. The maximum atomic E-state index is 6.46. The van der Waals surface area contributed by atoms with E-state index >= 15 is 0 Å². The predicted octanol–water partition coefficient (Wildman–Crippen LogP) is 9.45. The fourth-order valence-electron chi connectivity index (χ4n) is 6.36. The van der Waals surface area contributed by atoms with Crippen LogP contribution in [0.15, 0.2) is 158 Å². The van der Waals surface area contributed by atoms with Crippen molar-refractivity contribution in [2.45, 2.75) is 5.41 Å². The number of hydrogen-bond acceptors (Lipinski definition) is 3. The van der Waals surface area contributed by atoms with E-state index in [0.717, 1.165) is 56.2 Å². The molecule has 0 N–H and O–H groups in total. The average Bonchev–Trinajstić information content (AvgIpc) is 3.07. The van der Waals surface area contributed by atoms with E-state index in [-0.39, 0.29) is 0 Å². The van der Waals surface area contributed by atoms with Gasteiger partial charge in [-0.25, -0.2) is 9.97 Å². The monoisotopic (exact) mass is 538 g/mol. The van der Waals surface area contributed by atoms with Crippen molar-refractivity contribution in [3.63, 3.8) is 0 Å². The van der Waals surface area contributed by atoms with Crippen LogP contribution in [0.3, 0.4) is 0 Å². The van der Waals surface area contributed by atoms with Gasteiger partial charge in [0.2, 0.25) is 0 Å². The molecule has 0 unspecified atom stereocenters. The van der Waals surface area contributed by atoms with Crippen molar-refractivity contribution in [2.24, 2.45) is 0 Å². The van der Waals surface area contributed by atoms with Gasteiger partial charge in [0, 0.05) is 27.6 Å². The largest absolute Gasteiger partial charge is 0.457 e. The Morgan fingerprint density at radius 1 is 0.429 bits per heavy atom. The van der Waals surface area contributed by atoms with Crippen LogP contribution in [-0.2, 0) is 5.41 Å². The fraction of sp³-hybridized carbons (Fsp3) is 0.0256. The van der Waals surface area contributed by atoms with E-state index < -0.39 is 5.41 Å². The summed E-state index contributed by atoms with van der Waals surface area (Å²) in [7, 11) is 0. The predicted molar refractivity (Wildman–Crippen MR) is 169 cm³/mol. The van der Waals surface area contributed by atoms with Crippen molar-refractivity contribution < 1.29 is 4.74 Å². The molecule has 0 bridgehead atoms. The topological polar surface area (TPSA) is 35.0 Å². The Hall–Kier alpha value is -5.54. The number of benzene rings is 6. The van der Waals surface area contributed by atoms with Gasteiger partial charge in [0.1, 0.15) is 11.5 Å². The average molecular weight is 539 g/mol. The maximum absolute atomic E-state index is 6.46. The fourth-order valence-corrected chi connectivity index (χ4v) is 6.36. The lowest BCUT2D eigenvalue weighted by molar-refractivity contribution is 0.434. The third-order valence-corrected chi connectivity index (χ3v) is 8.24. The smallest absolute Gasteiger partial charge is 0.160 e. The molecule has 0 saturated heterocycles. The van der Waals surface area contributed by atoms with E-state index in [1.807, 2.05) is 42.5 Å². The highest BCUT2D eigenvalue weighted by Crippen LogP contribution is 2.55. The highest BCUT2D eigenvalue weighted by Gasteiger charge is 2.45. The summed E-state index contributed by atoms with van der Waals surface area (Å²) in [6.45, 7) is 0.